The normalized spacial score (nSPS) is 18.1. The average Bonchev–Trinajstić information content (AvgIpc) is 3.38. The van der Waals surface area contributed by atoms with Gasteiger partial charge in [-0.1, -0.05) is 30.8 Å². The van der Waals surface area contributed by atoms with Gasteiger partial charge in [-0.05, 0) is 19.3 Å². The number of aromatic nitrogens is 1. The van der Waals surface area contributed by atoms with E-state index in [1.807, 2.05) is 0 Å². The van der Waals surface area contributed by atoms with Crippen molar-refractivity contribution in [2.24, 2.45) is 5.92 Å². The molecular formula is C21H35N4O4+. The van der Waals surface area contributed by atoms with E-state index in [1.54, 1.807) is 17.9 Å². The summed E-state index contributed by atoms with van der Waals surface area (Å²) in [6, 6.07) is 1.67. The summed E-state index contributed by atoms with van der Waals surface area (Å²) in [7, 11) is 0. The molecule has 2 amide bonds. The van der Waals surface area contributed by atoms with E-state index in [1.165, 1.54) is 30.6 Å². The lowest BCUT2D eigenvalue weighted by Gasteiger charge is -2.26. The predicted octanol–water partition coefficient (Wildman–Crippen LogP) is 1.03. The lowest BCUT2D eigenvalue weighted by Crippen LogP contribution is -3.14. The number of nitrogens with one attached hydrogen (secondary N) is 2. The number of anilines is 1. The molecule has 2 aliphatic rings. The molecule has 0 atom stereocenters. The SMILES string of the molecule is Cc1cc(NC(=O)CN(CCC[NH+]2CCOCC2)C(=O)CCC2CCCC2)no1. The van der Waals surface area contributed by atoms with Crippen LogP contribution in [0.1, 0.15) is 50.7 Å². The maximum absolute atomic E-state index is 12.9. The van der Waals surface area contributed by atoms with Gasteiger partial charge in [-0.2, -0.15) is 0 Å². The van der Waals surface area contributed by atoms with E-state index < -0.39 is 0 Å². The summed E-state index contributed by atoms with van der Waals surface area (Å²) in [4.78, 5) is 28.5. The van der Waals surface area contributed by atoms with Crippen molar-refractivity contribution in [3.63, 3.8) is 0 Å². The zero-order valence-corrected chi connectivity index (χ0v) is 17.6. The Kier molecular flexibility index (Phi) is 8.49. The highest BCUT2D eigenvalue weighted by Crippen LogP contribution is 2.28. The smallest absolute Gasteiger partial charge is 0.245 e. The Hall–Kier alpha value is -1.93. The molecule has 0 spiro atoms. The van der Waals surface area contributed by atoms with Gasteiger partial charge in [0.1, 0.15) is 18.8 Å². The molecule has 1 aromatic rings. The maximum Gasteiger partial charge on any atom is 0.245 e. The third-order valence-corrected chi connectivity index (χ3v) is 5.98. The third-order valence-electron chi connectivity index (χ3n) is 5.98. The highest BCUT2D eigenvalue weighted by Gasteiger charge is 2.22. The van der Waals surface area contributed by atoms with E-state index in [2.05, 4.69) is 10.5 Å². The van der Waals surface area contributed by atoms with Gasteiger partial charge in [-0.3, -0.25) is 9.59 Å². The zero-order chi connectivity index (χ0) is 20.5. The van der Waals surface area contributed by atoms with Crippen molar-refractivity contribution in [1.82, 2.24) is 10.1 Å². The second-order valence-electron chi connectivity index (χ2n) is 8.34. The van der Waals surface area contributed by atoms with Crippen molar-refractivity contribution in [1.29, 1.82) is 0 Å². The monoisotopic (exact) mass is 407 g/mol. The van der Waals surface area contributed by atoms with Crippen LogP contribution in [-0.4, -0.2) is 67.8 Å². The number of carbonyl (C=O) groups excluding carboxylic acids is 2. The highest BCUT2D eigenvalue weighted by molar-refractivity contribution is 5.93. The molecule has 2 fully saturated rings. The second kappa shape index (κ2) is 11.3. The van der Waals surface area contributed by atoms with Crippen LogP contribution in [-0.2, 0) is 14.3 Å². The lowest BCUT2D eigenvalue weighted by molar-refractivity contribution is -0.908. The Morgan fingerprint density at radius 1 is 1.28 bits per heavy atom. The van der Waals surface area contributed by atoms with E-state index in [4.69, 9.17) is 9.26 Å². The standard InChI is InChI=1S/C21H34N4O4/c1-17-15-19(23-29-17)22-20(26)16-25(10-4-9-24-11-13-28-14-12-24)21(27)8-7-18-5-2-3-6-18/h15,18H,2-14,16H2,1H3,(H,22,23,26)/p+1. The molecule has 2 N–H and O–H groups in total. The van der Waals surface area contributed by atoms with Gasteiger partial charge in [-0.15, -0.1) is 0 Å². The fourth-order valence-electron chi connectivity index (χ4n) is 4.29. The molecule has 1 aromatic heterocycles. The minimum absolute atomic E-state index is 0.0633. The minimum atomic E-state index is -0.230. The largest absolute Gasteiger partial charge is 0.370 e. The van der Waals surface area contributed by atoms with Gasteiger partial charge in [0.15, 0.2) is 5.82 Å². The molecule has 8 heteroatoms. The minimum Gasteiger partial charge on any atom is -0.370 e. The third kappa shape index (κ3) is 7.44. The van der Waals surface area contributed by atoms with Crippen LogP contribution in [0.2, 0.25) is 0 Å². The number of quaternary nitrogens is 1. The molecule has 1 aliphatic heterocycles. The predicted molar refractivity (Wildman–Crippen MR) is 109 cm³/mol. The lowest BCUT2D eigenvalue weighted by atomic mass is 10.0. The number of rotatable bonds is 10. The van der Waals surface area contributed by atoms with Crippen molar-refractivity contribution in [3.05, 3.63) is 11.8 Å². The molecule has 8 nitrogen and oxygen atoms in total. The first-order valence-corrected chi connectivity index (χ1v) is 11.0. The van der Waals surface area contributed by atoms with Crippen molar-refractivity contribution < 1.29 is 23.7 Å². The Morgan fingerprint density at radius 3 is 2.72 bits per heavy atom. The summed E-state index contributed by atoms with van der Waals surface area (Å²) in [6.07, 6.45) is 7.40. The first kappa shape index (κ1) is 21.8. The molecule has 3 rings (SSSR count). The fourth-order valence-corrected chi connectivity index (χ4v) is 4.29. The van der Waals surface area contributed by atoms with Crippen molar-refractivity contribution >= 4 is 17.6 Å². The molecular weight excluding hydrogens is 372 g/mol. The molecule has 1 aliphatic carbocycles. The number of hydrogen-bond donors (Lipinski definition) is 2. The summed E-state index contributed by atoms with van der Waals surface area (Å²) in [5.41, 5.74) is 0. The summed E-state index contributed by atoms with van der Waals surface area (Å²) >= 11 is 0. The average molecular weight is 408 g/mol. The van der Waals surface area contributed by atoms with Gasteiger partial charge in [0.05, 0.1) is 26.3 Å². The van der Waals surface area contributed by atoms with Gasteiger partial charge in [0.2, 0.25) is 11.8 Å². The van der Waals surface area contributed by atoms with Gasteiger partial charge >= 0.3 is 0 Å². The Morgan fingerprint density at radius 2 is 2.03 bits per heavy atom. The van der Waals surface area contributed by atoms with Crippen LogP contribution in [0, 0.1) is 12.8 Å². The Bertz CT molecular complexity index is 651. The number of aryl methyl sites for hydroxylation is 1. The highest BCUT2D eigenvalue weighted by atomic mass is 16.5. The quantitative estimate of drug-likeness (QED) is 0.605. The van der Waals surface area contributed by atoms with E-state index in [9.17, 15) is 9.59 Å². The van der Waals surface area contributed by atoms with Crippen LogP contribution in [0.15, 0.2) is 10.6 Å². The topological polar surface area (TPSA) is 89.1 Å². The van der Waals surface area contributed by atoms with Crippen molar-refractivity contribution in [3.8, 4) is 0 Å². The van der Waals surface area contributed by atoms with Crippen LogP contribution >= 0.6 is 0 Å². The van der Waals surface area contributed by atoms with E-state index in [0.717, 1.165) is 45.7 Å². The molecule has 0 radical (unpaired) electrons. The number of ether oxygens (including phenoxy) is 1. The van der Waals surface area contributed by atoms with Crippen molar-refractivity contribution in [2.45, 2.75) is 51.9 Å². The van der Waals surface area contributed by atoms with Gasteiger partial charge in [0, 0.05) is 25.5 Å². The van der Waals surface area contributed by atoms with Crippen LogP contribution in [0.25, 0.3) is 0 Å². The Labute approximate surface area is 172 Å². The van der Waals surface area contributed by atoms with E-state index in [0.29, 0.717) is 30.5 Å². The number of carbonyl (C=O) groups is 2. The first-order valence-electron chi connectivity index (χ1n) is 11.0. The molecule has 2 heterocycles. The Balaban J connectivity index is 1.49. The molecule has 29 heavy (non-hydrogen) atoms. The fraction of sp³-hybridized carbons (Fsp3) is 0.762. The summed E-state index contributed by atoms with van der Waals surface area (Å²) in [5, 5.41) is 6.52. The number of nitrogens with zero attached hydrogens (tertiary/aromatic N) is 2. The van der Waals surface area contributed by atoms with E-state index in [-0.39, 0.29) is 18.4 Å². The second-order valence-corrected chi connectivity index (χ2v) is 8.34. The van der Waals surface area contributed by atoms with Gasteiger partial charge in [0.25, 0.3) is 0 Å². The molecule has 162 valence electrons. The molecule has 1 saturated carbocycles. The van der Waals surface area contributed by atoms with E-state index >= 15 is 0 Å². The van der Waals surface area contributed by atoms with Crippen molar-refractivity contribution in [2.75, 3.05) is 51.3 Å². The maximum atomic E-state index is 12.9. The summed E-state index contributed by atoms with van der Waals surface area (Å²) in [5.74, 6) is 1.55. The first-order chi connectivity index (χ1) is 14.1. The summed E-state index contributed by atoms with van der Waals surface area (Å²) < 4.78 is 10.4. The van der Waals surface area contributed by atoms with Crippen LogP contribution in [0.4, 0.5) is 5.82 Å². The molecule has 0 aromatic carbocycles. The zero-order valence-electron chi connectivity index (χ0n) is 17.6. The van der Waals surface area contributed by atoms with Gasteiger partial charge < -0.3 is 24.4 Å². The van der Waals surface area contributed by atoms with Crippen LogP contribution < -0.4 is 10.2 Å². The number of amides is 2. The number of hydrogen-bond acceptors (Lipinski definition) is 5. The molecule has 0 bridgehead atoms. The molecule has 0 unspecified atom stereocenters. The number of morpholine rings is 1. The molecule has 1 saturated heterocycles. The van der Waals surface area contributed by atoms with Crippen LogP contribution in [0.3, 0.4) is 0 Å². The van der Waals surface area contributed by atoms with Gasteiger partial charge in [-0.25, -0.2) is 0 Å². The van der Waals surface area contributed by atoms with Crippen LogP contribution in [0.5, 0.6) is 0 Å². The summed E-state index contributed by atoms with van der Waals surface area (Å²) in [6.45, 7) is 7.09.